The van der Waals surface area contributed by atoms with Gasteiger partial charge in [-0.1, -0.05) is 0 Å². The Kier molecular flexibility index (Phi) is 6.30. The van der Waals surface area contributed by atoms with E-state index in [0.29, 0.717) is 31.9 Å². The van der Waals surface area contributed by atoms with Crippen LogP contribution in [0.2, 0.25) is 0 Å². The lowest BCUT2D eigenvalue weighted by Crippen LogP contribution is -2.49. The van der Waals surface area contributed by atoms with Crippen molar-refractivity contribution in [3.8, 4) is 5.75 Å². The molecular formula is C19H22F3IN4O2. The van der Waals surface area contributed by atoms with E-state index in [1.165, 1.54) is 6.92 Å². The highest BCUT2D eigenvalue weighted by atomic mass is 127. The van der Waals surface area contributed by atoms with Crippen molar-refractivity contribution in [2.75, 3.05) is 38.2 Å². The van der Waals surface area contributed by atoms with Crippen molar-refractivity contribution >= 4 is 34.2 Å². The first kappa shape index (κ1) is 21.7. The fourth-order valence-corrected chi connectivity index (χ4v) is 3.86. The van der Waals surface area contributed by atoms with Crippen LogP contribution in [0.15, 0.2) is 18.2 Å². The monoisotopic (exact) mass is 522 g/mol. The van der Waals surface area contributed by atoms with Crippen molar-refractivity contribution in [3.63, 3.8) is 0 Å². The number of hydrogen-bond acceptors (Lipinski definition) is 4. The number of aromatic nitrogens is 2. The number of amides is 1. The van der Waals surface area contributed by atoms with Gasteiger partial charge in [-0.2, -0.15) is 18.3 Å². The summed E-state index contributed by atoms with van der Waals surface area (Å²) >= 11 is 2.22. The second kappa shape index (κ2) is 8.41. The first-order chi connectivity index (χ1) is 13.6. The lowest BCUT2D eigenvalue weighted by atomic mass is 10.2. The maximum Gasteiger partial charge on any atom is 0.435 e. The second-order valence-corrected chi connectivity index (χ2v) is 8.14. The van der Waals surface area contributed by atoms with E-state index in [1.807, 2.05) is 18.2 Å². The first-order valence-electron chi connectivity index (χ1n) is 9.09. The summed E-state index contributed by atoms with van der Waals surface area (Å²) in [4.78, 5) is 16.4. The van der Waals surface area contributed by atoms with Gasteiger partial charge in [-0.3, -0.25) is 9.48 Å². The maximum atomic E-state index is 13.0. The molecule has 29 heavy (non-hydrogen) atoms. The Morgan fingerprint density at radius 2 is 1.86 bits per heavy atom. The standard InChI is InChI=1S/C19H22F3IN4O2/c1-12-13(2)27(24-18(12)19(20,21)22)11-17(28)26-8-6-25(7-9-26)15-5-4-14(23)10-16(15)29-3/h4-5,10H,6-9,11H2,1-3H3. The minimum Gasteiger partial charge on any atom is -0.495 e. The largest absolute Gasteiger partial charge is 0.495 e. The summed E-state index contributed by atoms with van der Waals surface area (Å²) in [5.74, 6) is 0.539. The zero-order chi connectivity index (χ0) is 21.3. The number of benzene rings is 1. The van der Waals surface area contributed by atoms with Crippen LogP contribution in [0.4, 0.5) is 18.9 Å². The predicted octanol–water partition coefficient (Wildman–Crippen LogP) is 3.48. The molecule has 0 unspecified atom stereocenters. The molecule has 0 bridgehead atoms. The van der Waals surface area contributed by atoms with Gasteiger partial charge < -0.3 is 14.5 Å². The van der Waals surface area contributed by atoms with Gasteiger partial charge in [-0.05, 0) is 54.6 Å². The van der Waals surface area contributed by atoms with E-state index in [1.54, 1.807) is 18.9 Å². The number of methoxy groups -OCH3 is 1. The Bertz CT molecular complexity index is 906. The molecule has 1 aliphatic rings. The van der Waals surface area contributed by atoms with E-state index in [4.69, 9.17) is 4.74 Å². The SMILES string of the molecule is COc1cc(I)ccc1N1CCN(C(=O)Cn2nc(C(F)(F)F)c(C)c2C)CC1. The highest BCUT2D eigenvalue weighted by Gasteiger charge is 2.37. The molecule has 2 aromatic rings. The summed E-state index contributed by atoms with van der Waals surface area (Å²) in [6.45, 7) is 4.93. The zero-order valence-electron chi connectivity index (χ0n) is 16.4. The van der Waals surface area contributed by atoms with Gasteiger partial charge in [0.2, 0.25) is 5.91 Å². The van der Waals surface area contributed by atoms with Gasteiger partial charge in [-0.15, -0.1) is 0 Å². The number of ether oxygens (including phenoxy) is 1. The summed E-state index contributed by atoms with van der Waals surface area (Å²) in [5, 5.41) is 3.63. The summed E-state index contributed by atoms with van der Waals surface area (Å²) in [7, 11) is 1.62. The Labute approximate surface area is 180 Å². The number of rotatable bonds is 4. The molecule has 0 atom stereocenters. The van der Waals surface area contributed by atoms with Crippen LogP contribution in [0.5, 0.6) is 5.75 Å². The molecule has 2 heterocycles. The molecule has 1 aromatic carbocycles. The molecule has 0 aliphatic carbocycles. The Balaban J connectivity index is 1.66. The summed E-state index contributed by atoms with van der Waals surface area (Å²) < 4.78 is 46.8. The molecule has 1 fully saturated rings. The highest BCUT2D eigenvalue weighted by molar-refractivity contribution is 14.1. The normalized spacial score (nSPS) is 15.0. The minimum absolute atomic E-state index is 0.0564. The van der Waals surface area contributed by atoms with Gasteiger partial charge in [0, 0.05) is 41.0 Å². The van der Waals surface area contributed by atoms with Crippen LogP contribution in [0, 0.1) is 17.4 Å². The molecule has 1 amide bonds. The quantitative estimate of drug-likeness (QED) is 0.578. The molecule has 1 aromatic heterocycles. The third-order valence-electron chi connectivity index (χ3n) is 5.17. The molecule has 10 heteroatoms. The molecule has 0 radical (unpaired) electrons. The first-order valence-corrected chi connectivity index (χ1v) is 10.2. The topological polar surface area (TPSA) is 50.6 Å². The molecule has 0 N–H and O–H groups in total. The number of nitrogens with zero attached hydrogens (tertiary/aromatic N) is 4. The van der Waals surface area contributed by atoms with Gasteiger partial charge in [-0.25, -0.2) is 0 Å². The molecule has 0 spiro atoms. The van der Waals surface area contributed by atoms with Crippen molar-refractivity contribution in [1.82, 2.24) is 14.7 Å². The van der Waals surface area contributed by atoms with Gasteiger partial charge in [0.05, 0.1) is 12.8 Å². The summed E-state index contributed by atoms with van der Waals surface area (Å²) in [6, 6.07) is 5.94. The average Bonchev–Trinajstić information content (AvgIpc) is 2.96. The zero-order valence-corrected chi connectivity index (χ0v) is 18.5. The van der Waals surface area contributed by atoms with E-state index in [9.17, 15) is 18.0 Å². The van der Waals surface area contributed by atoms with E-state index in [2.05, 4.69) is 32.6 Å². The molecule has 0 saturated carbocycles. The van der Waals surface area contributed by atoms with E-state index in [-0.39, 0.29) is 18.0 Å². The van der Waals surface area contributed by atoms with Crippen LogP contribution in [0.3, 0.4) is 0 Å². The molecular weight excluding hydrogens is 500 g/mol. The summed E-state index contributed by atoms with van der Waals surface area (Å²) in [6.07, 6.45) is -4.53. The average molecular weight is 522 g/mol. The summed E-state index contributed by atoms with van der Waals surface area (Å²) in [5.41, 5.74) is 0.445. The predicted molar refractivity (Wildman–Crippen MR) is 111 cm³/mol. The fourth-order valence-electron chi connectivity index (χ4n) is 3.40. The molecule has 1 aliphatic heterocycles. The minimum atomic E-state index is -4.53. The van der Waals surface area contributed by atoms with Gasteiger partial charge >= 0.3 is 6.18 Å². The van der Waals surface area contributed by atoms with E-state index < -0.39 is 11.9 Å². The number of piperazine rings is 1. The number of halogens is 4. The molecule has 6 nitrogen and oxygen atoms in total. The number of anilines is 1. The second-order valence-electron chi connectivity index (χ2n) is 6.90. The van der Waals surface area contributed by atoms with Crippen molar-refractivity contribution in [3.05, 3.63) is 38.7 Å². The fraction of sp³-hybridized carbons (Fsp3) is 0.474. The number of carbonyl (C=O) groups is 1. The van der Waals surface area contributed by atoms with Crippen LogP contribution >= 0.6 is 22.6 Å². The van der Waals surface area contributed by atoms with Crippen LogP contribution < -0.4 is 9.64 Å². The molecule has 1 saturated heterocycles. The Hall–Kier alpha value is -1.98. The van der Waals surface area contributed by atoms with Gasteiger partial charge in [0.15, 0.2) is 5.69 Å². The Morgan fingerprint density at radius 1 is 1.21 bits per heavy atom. The van der Waals surface area contributed by atoms with Crippen molar-refractivity contribution in [2.24, 2.45) is 0 Å². The van der Waals surface area contributed by atoms with Crippen LogP contribution in [0.1, 0.15) is 17.0 Å². The smallest absolute Gasteiger partial charge is 0.435 e. The van der Waals surface area contributed by atoms with Crippen LogP contribution in [-0.4, -0.2) is 53.9 Å². The van der Waals surface area contributed by atoms with E-state index >= 15 is 0 Å². The highest BCUT2D eigenvalue weighted by Crippen LogP contribution is 2.32. The number of hydrogen-bond donors (Lipinski definition) is 0. The lowest BCUT2D eigenvalue weighted by Gasteiger charge is -2.36. The number of alkyl halides is 3. The maximum absolute atomic E-state index is 13.0. The molecule has 3 rings (SSSR count). The van der Waals surface area contributed by atoms with Gasteiger partial charge in [0.1, 0.15) is 12.3 Å². The van der Waals surface area contributed by atoms with Crippen LogP contribution in [0.25, 0.3) is 0 Å². The number of carbonyl (C=O) groups excluding carboxylic acids is 1. The third-order valence-corrected chi connectivity index (χ3v) is 5.85. The van der Waals surface area contributed by atoms with Crippen molar-refractivity contribution < 1.29 is 22.7 Å². The van der Waals surface area contributed by atoms with Crippen molar-refractivity contribution in [2.45, 2.75) is 26.6 Å². The Morgan fingerprint density at radius 3 is 2.41 bits per heavy atom. The van der Waals surface area contributed by atoms with Crippen LogP contribution in [-0.2, 0) is 17.5 Å². The lowest BCUT2D eigenvalue weighted by molar-refractivity contribution is -0.142. The third kappa shape index (κ3) is 4.62. The van der Waals surface area contributed by atoms with Gasteiger partial charge in [0.25, 0.3) is 0 Å². The molecule has 158 valence electrons. The van der Waals surface area contributed by atoms with E-state index in [0.717, 1.165) is 19.7 Å². The van der Waals surface area contributed by atoms with Crippen molar-refractivity contribution in [1.29, 1.82) is 0 Å².